The average Bonchev–Trinajstić information content (AvgIpc) is 2.38. The van der Waals surface area contributed by atoms with Crippen molar-refractivity contribution in [1.29, 1.82) is 0 Å². The van der Waals surface area contributed by atoms with Gasteiger partial charge in [0.05, 0.1) is 19.8 Å². The third-order valence-electron chi connectivity index (χ3n) is 4.47. The molecule has 4 nitrogen and oxygen atoms in total. The van der Waals surface area contributed by atoms with Crippen molar-refractivity contribution in [2.45, 2.75) is 71.0 Å². The molecule has 0 saturated carbocycles. The van der Waals surface area contributed by atoms with Crippen molar-refractivity contribution in [3.8, 4) is 0 Å². The molecule has 120 valence electrons. The maximum atomic E-state index is 9.77. The molecule has 1 heterocycles. The zero-order chi connectivity index (χ0) is 15.2. The third-order valence-corrected chi connectivity index (χ3v) is 4.47. The summed E-state index contributed by atoms with van der Waals surface area (Å²) in [5.74, 6) is 0. The van der Waals surface area contributed by atoms with E-state index in [1.165, 1.54) is 0 Å². The van der Waals surface area contributed by atoms with Crippen LogP contribution in [0.2, 0.25) is 0 Å². The van der Waals surface area contributed by atoms with Crippen molar-refractivity contribution in [3.63, 3.8) is 0 Å². The molecule has 0 aliphatic carbocycles. The van der Waals surface area contributed by atoms with E-state index in [9.17, 15) is 5.11 Å². The van der Waals surface area contributed by atoms with Gasteiger partial charge in [-0.1, -0.05) is 20.8 Å². The Labute approximate surface area is 124 Å². The molecule has 0 bridgehead atoms. The van der Waals surface area contributed by atoms with Crippen LogP contribution in [0.1, 0.15) is 53.9 Å². The van der Waals surface area contributed by atoms with Crippen molar-refractivity contribution >= 4 is 0 Å². The lowest BCUT2D eigenvalue weighted by Crippen LogP contribution is -2.54. The Balaban J connectivity index is 2.47. The van der Waals surface area contributed by atoms with E-state index in [4.69, 9.17) is 4.74 Å². The number of ether oxygens (including phenoxy) is 1. The minimum absolute atomic E-state index is 0.120. The van der Waals surface area contributed by atoms with Crippen molar-refractivity contribution < 1.29 is 9.84 Å². The highest BCUT2D eigenvalue weighted by Gasteiger charge is 2.32. The molecule has 2 N–H and O–H groups in total. The predicted molar refractivity (Wildman–Crippen MR) is 84.1 cm³/mol. The van der Waals surface area contributed by atoms with Crippen molar-refractivity contribution in [2.24, 2.45) is 0 Å². The lowest BCUT2D eigenvalue weighted by Gasteiger charge is -2.43. The SMILES string of the molecule is CCC(CO)(CCCN1CCOCC1(C)C)NC(C)C. The zero-order valence-electron chi connectivity index (χ0n) is 14.0. The molecule has 0 aromatic rings. The number of nitrogens with one attached hydrogen (secondary N) is 1. The molecule has 0 aromatic carbocycles. The Morgan fingerprint density at radius 1 is 1.40 bits per heavy atom. The first-order valence-corrected chi connectivity index (χ1v) is 8.06. The van der Waals surface area contributed by atoms with Crippen LogP contribution in [-0.2, 0) is 4.74 Å². The molecule has 1 aliphatic rings. The summed E-state index contributed by atoms with van der Waals surface area (Å²) >= 11 is 0. The van der Waals surface area contributed by atoms with Crippen LogP contribution in [0.4, 0.5) is 0 Å². The monoisotopic (exact) mass is 286 g/mol. The lowest BCUT2D eigenvalue weighted by molar-refractivity contribution is -0.0523. The Kier molecular flexibility index (Phi) is 6.92. The Hall–Kier alpha value is -0.160. The van der Waals surface area contributed by atoms with Gasteiger partial charge in [-0.25, -0.2) is 0 Å². The fraction of sp³-hybridized carbons (Fsp3) is 1.00. The summed E-state index contributed by atoms with van der Waals surface area (Å²) < 4.78 is 5.56. The van der Waals surface area contributed by atoms with Gasteiger partial charge in [0.1, 0.15) is 0 Å². The number of morpholine rings is 1. The standard InChI is InChI=1S/C16H34N2O2/c1-6-16(12-19,17-14(2)3)8-7-9-18-10-11-20-13-15(18,4)5/h14,17,19H,6-13H2,1-5H3. The number of hydrogen-bond donors (Lipinski definition) is 2. The van der Waals surface area contributed by atoms with Gasteiger partial charge in [-0.3, -0.25) is 4.90 Å². The van der Waals surface area contributed by atoms with Crippen molar-refractivity contribution in [1.82, 2.24) is 10.2 Å². The molecule has 0 amide bonds. The highest BCUT2D eigenvalue weighted by atomic mass is 16.5. The highest BCUT2D eigenvalue weighted by molar-refractivity contribution is 4.89. The van der Waals surface area contributed by atoms with Crippen LogP contribution in [0, 0.1) is 0 Å². The Morgan fingerprint density at radius 3 is 2.60 bits per heavy atom. The third kappa shape index (κ3) is 4.99. The van der Waals surface area contributed by atoms with Crippen LogP contribution in [0.3, 0.4) is 0 Å². The van der Waals surface area contributed by atoms with Crippen LogP contribution >= 0.6 is 0 Å². The van der Waals surface area contributed by atoms with Crippen LogP contribution in [0.15, 0.2) is 0 Å². The van der Waals surface area contributed by atoms with Gasteiger partial charge in [-0.2, -0.15) is 0 Å². The maximum absolute atomic E-state index is 9.77. The van der Waals surface area contributed by atoms with E-state index in [-0.39, 0.29) is 17.7 Å². The van der Waals surface area contributed by atoms with Crippen LogP contribution in [-0.4, -0.2) is 60.0 Å². The Morgan fingerprint density at radius 2 is 2.10 bits per heavy atom. The smallest absolute Gasteiger partial charge is 0.0645 e. The van der Waals surface area contributed by atoms with E-state index < -0.39 is 0 Å². The van der Waals surface area contributed by atoms with Gasteiger partial charge in [-0.15, -0.1) is 0 Å². The summed E-state index contributed by atoms with van der Waals surface area (Å²) in [6, 6.07) is 0.405. The van der Waals surface area contributed by atoms with E-state index in [0.29, 0.717) is 6.04 Å². The molecule has 0 aromatic heterocycles. The van der Waals surface area contributed by atoms with Crippen molar-refractivity contribution in [3.05, 3.63) is 0 Å². The molecule has 1 atom stereocenters. The molecule has 0 spiro atoms. The Bertz CT molecular complexity index is 276. The number of hydrogen-bond acceptors (Lipinski definition) is 4. The second-order valence-electron chi connectivity index (χ2n) is 7.05. The molecular weight excluding hydrogens is 252 g/mol. The van der Waals surface area contributed by atoms with Gasteiger partial charge in [0.25, 0.3) is 0 Å². The van der Waals surface area contributed by atoms with E-state index in [1.54, 1.807) is 0 Å². The minimum atomic E-state index is -0.120. The van der Waals surface area contributed by atoms with Crippen LogP contribution < -0.4 is 5.32 Å². The van der Waals surface area contributed by atoms with Gasteiger partial charge in [0.15, 0.2) is 0 Å². The second-order valence-corrected chi connectivity index (χ2v) is 7.05. The van der Waals surface area contributed by atoms with E-state index in [1.807, 2.05) is 0 Å². The van der Waals surface area contributed by atoms with Crippen LogP contribution in [0.5, 0.6) is 0 Å². The predicted octanol–water partition coefficient (Wildman–Crippen LogP) is 2.02. The fourth-order valence-electron chi connectivity index (χ4n) is 3.11. The van der Waals surface area contributed by atoms with Crippen molar-refractivity contribution in [2.75, 3.05) is 32.9 Å². The van der Waals surface area contributed by atoms with E-state index in [0.717, 1.165) is 45.6 Å². The quantitative estimate of drug-likeness (QED) is 0.716. The number of rotatable bonds is 8. The lowest BCUT2D eigenvalue weighted by atomic mass is 9.89. The molecule has 1 fully saturated rings. The minimum Gasteiger partial charge on any atom is -0.394 e. The summed E-state index contributed by atoms with van der Waals surface area (Å²) in [4.78, 5) is 2.52. The van der Waals surface area contributed by atoms with Gasteiger partial charge >= 0.3 is 0 Å². The van der Waals surface area contributed by atoms with E-state index >= 15 is 0 Å². The summed E-state index contributed by atoms with van der Waals surface area (Å²) in [6.45, 7) is 14.9. The summed E-state index contributed by atoms with van der Waals surface area (Å²) in [7, 11) is 0. The molecule has 4 heteroatoms. The normalized spacial score (nSPS) is 22.9. The molecule has 0 radical (unpaired) electrons. The number of aliphatic hydroxyl groups is 1. The highest BCUT2D eigenvalue weighted by Crippen LogP contribution is 2.22. The average molecular weight is 286 g/mol. The number of aliphatic hydroxyl groups excluding tert-OH is 1. The zero-order valence-corrected chi connectivity index (χ0v) is 14.0. The van der Waals surface area contributed by atoms with E-state index in [2.05, 4.69) is 44.8 Å². The summed E-state index contributed by atoms with van der Waals surface area (Å²) in [5.41, 5.74) is 0.0163. The molecule has 1 saturated heterocycles. The van der Waals surface area contributed by atoms with Gasteiger partial charge in [-0.05, 0) is 39.7 Å². The van der Waals surface area contributed by atoms with Gasteiger partial charge in [0.2, 0.25) is 0 Å². The maximum Gasteiger partial charge on any atom is 0.0645 e. The van der Waals surface area contributed by atoms with Gasteiger partial charge < -0.3 is 15.2 Å². The number of nitrogens with zero attached hydrogens (tertiary/aromatic N) is 1. The largest absolute Gasteiger partial charge is 0.394 e. The second kappa shape index (κ2) is 7.74. The van der Waals surface area contributed by atoms with Gasteiger partial charge in [0, 0.05) is 23.7 Å². The fourth-order valence-corrected chi connectivity index (χ4v) is 3.11. The molecule has 20 heavy (non-hydrogen) atoms. The molecular formula is C16H34N2O2. The van der Waals surface area contributed by atoms with Crippen LogP contribution in [0.25, 0.3) is 0 Å². The summed E-state index contributed by atoms with van der Waals surface area (Å²) in [5, 5.41) is 13.3. The first-order chi connectivity index (χ1) is 9.35. The molecule has 1 unspecified atom stereocenters. The first-order valence-electron chi connectivity index (χ1n) is 8.06. The topological polar surface area (TPSA) is 44.7 Å². The molecule has 1 rings (SSSR count). The summed E-state index contributed by atoms with van der Waals surface area (Å²) in [6.07, 6.45) is 3.09. The molecule has 1 aliphatic heterocycles. The first kappa shape index (κ1) is 17.9.